The van der Waals surface area contributed by atoms with Crippen molar-refractivity contribution >= 4 is 24.2 Å². The highest BCUT2D eigenvalue weighted by Gasteiger charge is 2.11. The van der Waals surface area contributed by atoms with Crippen LogP contribution in [0.4, 0.5) is 0 Å². The van der Waals surface area contributed by atoms with Gasteiger partial charge in [0.05, 0.1) is 13.2 Å². The molecule has 0 amide bonds. The van der Waals surface area contributed by atoms with Crippen molar-refractivity contribution in [3.63, 3.8) is 0 Å². The van der Waals surface area contributed by atoms with Crippen molar-refractivity contribution in [2.24, 2.45) is 0 Å². The molecule has 2 N–H and O–H groups in total. The van der Waals surface area contributed by atoms with Gasteiger partial charge in [-0.15, -0.1) is 0 Å². The molecule has 0 fully saturated rings. The number of H-pyrrole nitrogens is 2. The highest BCUT2D eigenvalue weighted by atomic mass is 32.1. The maximum absolute atomic E-state index is 11.8. The number of esters is 2. The highest BCUT2D eigenvalue weighted by Crippen LogP contribution is 2.09. The minimum atomic E-state index is -0.644. The molecule has 1 aromatic rings. The summed E-state index contributed by atoms with van der Waals surface area (Å²) in [5, 5.41) is 0. The molecule has 1 heterocycles. The number of aromatic nitrogens is 2. The molecule has 1 aromatic heterocycles. The Bertz CT molecular complexity index is 738. The third-order valence-corrected chi connectivity index (χ3v) is 4.11. The van der Waals surface area contributed by atoms with Crippen LogP contribution in [0.2, 0.25) is 0 Å². The summed E-state index contributed by atoms with van der Waals surface area (Å²) in [5.74, 6) is -0.967. The number of rotatable bonds is 13. The van der Waals surface area contributed by atoms with Gasteiger partial charge >= 0.3 is 11.9 Å². The number of carbonyl (C=O) groups is 2. The Hall–Kier alpha value is -2.22. The molecule has 0 bridgehead atoms. The van der Waals surface area contributed by atoms with E-state index in [2.05, 4.69) is 16.5 Å². The minimum absolute atomic E-state index is 0.0717. The van der Waals surface area contributed by atoms with Crippen LogP contribution >= 0.6 is 12.2 Å². The van der Waals surface area contributed by atoms with Crippen LogP contribution in [-0.4, -0.2) is 35.1 Å². The maximum Gasteiger partial charge on any atom is 0.345 e. The molecule has 0 unspecified atom stereocenters. The SMILES string of the molecule is C=C(C)C(=O)OCCCCCCCCCCOC(=O)c1c[nH]c(=S)[nH]c1=O. The van der Waals surface area contributed by atoms with Gasteiger partial charge in [-0.1, -0.05) is 45.1 Å². The van der Waals surface area contributed by atoms with Crippen molar-refractivity contribution in [1.29, 1.82) is 0 Å². The number of nitrogens with one attached hydrogen (secondary N) is 2. The van der Waals surface area contributed by atoms with E-state index in [-0.39, 0.29) is 16.3 Å². The van der Waals surface area contributed by atoms with E-state index in [1.807, 2.05) is 0 Å². The van der Waals surface area contributed by atoms with Crippen LogP contribution in [0.3, 0.4) is 0 Å². The lowest BCUT2D eigenvalue weighted by atomic mass is 10.1. The summed E-state index contributed by atoms with van der Waals surface area (Å²) in [6.45, 7) is 5.92. The number of aromatic amines is 2. The lowest BCUT2D eigenvalue weighted by molar-refractivity contribution is -0.139. The van der Waals surface area contributed by atoms with Gasteiger partial charge in [0.1, 0.15) is 5.56 Å². The van der Waals surface area contributed by atoms with E-state index < -0.39 is 11.5 Å². The zero-order chi connectivity index (χ0) is 20.1. The summed E-state index contributed by atoms with van der Waals surface area (Å²) in [5.41, 5.74) is -0.184. The van der Waals surface area contributed by atoms with Crippen molar-refractivity contribution in [3.8, 4) is 0 Å². The predicted octanol–water partition coefficient (Wildman–Crippen LogP) is 3.83. The van der Waals surface area contributed by atoms with E-state index in [4.69, 9.17) is 21.7 Å². The molecule has 0 atom stereocenters. The van der Waals surface area contributed by atoms with Gasteiger partial charge in [-0.05, 0) is 32.0 Å². The first-order chi connectivity index (χ1) is 12.9. The third-order valence-electron chi connectivity index (χ3n) is 3.89. The van der Waals surface area contributed by atoms with E-state index in [0.717, 1.165) is 51.4 Å². The number of unbranched alkanes of at least 4 members (excludes halogenated alkanes) is 7. The first-order valence-corrected chi connectivity index (χ1v) is 9.64. The topological polar surface area (TPSA) is 101 Å². The van der Waals surface area contributed by atoms with Crippen LogP contribution in [0.5, 0.6) is 0 Å². The molecule has 0 spiro atoms. The average molecular weight is 397 g/mol. The van der Waals surface area contributed by atoms with Crippen molar-refractivity contribution in [2.45, 2.75) is 58.3 Å². The summed E-state index contributed by atoms with van der Waals surface area (Å²) in [7, 11) is 0. The molecule has 0 saturated carbocycles. The Labute approximate surface area is 164 Å². The Morgan fingerprint density at radius 3 is 2.04 bits per heavy atom. The van der Waals surface area contributed by atoms with Crippen molar-refractivity contribution in [1.82, 2.24) is 9.97 Å². The fourth-order valence-electron chi connectivity index (χ4n) is 2.36. The molecular weight excluding hydrogens is 368 g/mol. The van der Waals surface area contributed by atoms with Crippen molar-refractivity contribution in [3.05, 3.63) is 39.0 Å². The maximum atomic E-state index is 11.8. The molecule has 0 aliphatic carbocycles. The number of ether oxygens (including phenoxy) is 2. The summed E-state index contributed by atoms with van der Waals surface area (Å²) in [6.07, 6.45) is 9.34. The van der Waals surface area contributed by atoms with Crippen LogP contribution in [-0.2, 0) is 14.3 Å². The third kappa shape index (κ3) is 9.89. The number of hydrogen-bond acceptors (Lipinski definition) is 6. The van der Waals surface area contributed by atoms with E-state index in [0.29, 0.717) is 18.8 Å². The molecular formula is C19H28N2O5S. The van der Waals surface area contributed by atoms with E-state index in [9.17, 15) is 14.4 Å². The normalized spacial score (nSPS) is 10.4. The first-order valence-electron chi connectivity index (χ1n) is 9.23. The minimum Gasteiger partial charge on any atom is -0.462 e. The fraction of sp³-hybridized carbons (Fsp3) is 0.579. The average Bonchev–Trinajstić information content (AvgIpc) is 2.62. The van der Waals surface area contributed by atoms with E-state index in [1.165, 1.54) is 6.20 Å². The number of hydrogen-bond donors (Lipinski definition) is 2. The van der Waals surface area contributed by atoms with Gasteiger partial charge in [0.2, 0.25) is 0 Å². The molecule has 0 aliphatic heterocycles. The van der Waals surface area contributed by atoms with Crippen molar-refractivity contribution < 1.29 is 19.1 Å². The van der Waals surface area contributed by atoms with Gasteiger partial charge in [-0.25, -0.2) is 9.59 Å². The summed E-state index contributed by atoms with van der Waals surface area (Å²) >= 11 is 4.77. The predicted molar refractivity (Wildman–Crippen MR) is 105 cm³/mol. The molecule has 150 valence electrons. The van der Waals surface area contributed by atoms with Crippen LogP contribution in [0.1, 0.15) is 68.6 Å². The van der Waals surface area contributed by atoms with Gasteiger partial charge in [0, 0.05) is 11.8 Å². The van der Waals surface area contributed by atoms with Gasteiger partial charge in [0.15, 0.2) is 4.77 Å². The summed E-state index contributed by atoms with van der Waals surface area (Å²) in [6, 6.07) is 0. The van der Waals surface area contributed by atoms with Crippen LogP contribution in [0.25, 0.3) is 0 Å². The first kappa shape index (κ1) is 22.8. The quantitative estimate of drug-likeness (QED) is 0.227. The lowest BCUT2D eigenvalue weighted by Crippen LogP contribution is -2.20. The van der Waals surface area contributed by atoms with Gasteiger partial charge in [-0.2, -0.15) is 0 Å². The van der Waals surface area contributed by atoms with Gasteiger partial charge < -0.3 is 14.5 Å². The largest absolute Gasteiger partial charge is 0.462 e. The second kappa shape index (κ2) is 13.0. The van der Waals surface area contributed by atoms with Gasteiger partial charge in [-0.3, -0.25) is 9.78 Å². The van der Waals surface area contributed by atoms with E-state index >= 15 is 0 Å². The Balaban J connectivity index is 1.96. The molecule has 8 heteroatoms. The fourth-order valence-corrected chi connectivity index (χ4v) is 2.51. The Morgan fingerprint density at radius 1 is 1.00 bits per heavy atom. The lowest BCUT2D eigenvalue weighted by Gasteiger charge is -2.05. The molecule has 7 nitrogen and oxygen atoms in total. The molecule has 27 heavy (non-hydrogen) atoms. The number of carbonyl (C=O) groups excluding carboxylic acids is 2. The molecule has 0 radical (unpaired) electrons. The van der Waals surface area contributed by atoms with Crippen LogP contribution in [0.15, 0.2) is 23.1 Å². The second-order valence-corrected chi connectivity index (χ2v) is 6.77. The molecule has 0 aliphatic rings. The zero-order valence-corrected chi connectivity index (χ0v) is 16.6. The summed E-state index contributed by atoms with van der Waals surface area (Å²) < 4.78 is 10.3. The smallest absolute Gasteiger partial charge is 0.345 e. The zero-order valence-electron chi connectivity index (χ0n) is 15.8. The molecule has 0 aromatic carbocycles. The Morgan fingerprint density at radius 2 is 1.52 bits per heavy atom. The second-order valence-electron chi connectivity index (χ2n) is 6.37. The van der Waals surface area contributed by atoms with Crippen LogP contribution < -0.4 is 5.56 Å². The standard InChI is InChI=1S/C19H28N2O5S/c1-14(2)17(23)25-11-9-7-5-3-4-6-8-10-12-26-18(24)15-13-20-19(27)21-16(15)22/h13H,1,3-12H2,2H3,(H2,20,21,22,27). The van der Waals surface area contributed by atoms with Crippen molar-refractivity contribution in [2.75, 3.05) is 13.2 Å². The van der Waals surface area contributed by atoms with Gasteiger partial charge in [0.25, 0.3) is 5.56 Å². The highest BCUT2D eigenvalue weighted by molar-refractivity contribution is 7.71. The van der Waals surface area contributed by atoms with Crippen LogP contribution in [0, 0.1) is 4.77 Å². The summed E-state index contributed by atoms with van der Waals surface area (Å²) in [4.78, 5) is 39.5. The monoisotopic (exact) mass is 396 g/mol. The molecule has 0 saturated heterocycles. The molecule has 1 rings (SSSR count). The van der Waals surface area contributed by atoms with E-state index in [1.54, 1.807) is 6.92 Å². The Kier molecular flexibility index (Phi) is 11.0.